The zero-order chi connectivity index (χ0) is 28.3. The number of hydrogen-bond acceptors (Lipinski definition) is 6. The van der Waals surface area contributed by atoms with E-state index < -0.39 is 0 Å². The van der Waals surface area contributed by atoms with Crippen LogP contribution in [0.1, 0.15) is 99.8 Å². The minimum atomic E-state index is 0.0695. The number of ether oxygens (including phenoxy) is 1. The number of unbranched alkanes of at least 4 members (excludes halogenated alkanes) is 1. The Hall–Kier alpha value is -2.06. The monoisotopic (exact) mass is 553 g/mol. The van der Waals surface area contributed by atoms with Crippen LogP contribution in [-0.2, 0) is 9.53 Å². The molecule has 4 aliphatic rings. The number of carbonyl (C=O) groups is 2. The van der Waals surface area contributed by atoms with Gasteiger partial charge in [-0.15, -0.1) is 0 Å². The number of aryl methyl sites for hydroxylation is 2. The second-order valence-electron chi connectivity index (χ2n) is 13.3. The van der Waals surface area contributed by atoms with E-state index in [9.17, 15) is 9.59 Å². The number of aromatic nitrogens is 2. The van der Waals surface area contributed by atoms with Crippen molar-refractivity contribution in [2.45, 2.75) is 97.4 Å². The number of nitrogens with zero attached hydrogens (tertiary/aromatic N) is 5. The Bertz CT molecular complexity index is 1020. The minimum absolute atomic E-state index is 0.0695. The first-order chi connectivity index (χ1) is 19.3. The number of rotatable bonds is 7. The van der Waals surface area contributed by atoms with Crippen molar-refractivity contribution in [3.8, 4) is 0 Å². The normalized spacial score (nSPS) is 25.9. The third-order valence-corrected chi connectivity index (χ3v) is 11.0. The van der Waals surface area contributed by atoms with E-state index in [1.165, 1.54) is 6.33 Å². The van der Waals surface area contributed by atoms with E-state index in [1.807, 2.05) is 18.7 Å². The highest BCUT2D eigenvalue weighted by Gasteiger charge is 2.51. The number of hydrogen-bond donors (Lipinski definition) is 0. The van der Waals surface area contributed by atoms with Crippen LogP contribution < -0.4 is 0 Å². The van der Waals surface area contributed by atoms with Crippen LogP contribution in [0.2, 0.25) is 0 Å². The van der Waals surface area contributed by atoms with Gasteiger partial charge in [0.2, 0.25) is 5.91 Å². The first kappa shape index (κ1) is 29.4. The fourth-order valence-corrected chi connectivity index (χ4v) is 8.04. The van der Waals surface area contributed by atoms with Gasteiger partial charge < -0.3 is 14.5 Å². The first-order valence-corrected chi connectivity index (χ1v) is 16.0. The summed E-state index contributed by atoms with van der Waals surface area (Å²) in [5.74, 6) is 1.28. The number of likely N-dealkylation sites (tertiary alicyclic amines) is 3. The SMILES string of the molecule is CCCCC1C(=O)N(CC2CCOCC2)CCC12CCN(C1(C)CCN(C(=O)c3c(C)ncnc3C)CC1)CC2. The van der Waals surface area contributed by atoms with Crippen LogP contribution in [0.25, 0.3) is 0 Å². The molecule has 4 aliphatic heterocycles. The van der Waals surface area contributed by atoms with Crippen molar-refractivity contribution in [2.24, 2.45) is 17.3 Å². The third-order valence-electron chi connectivity index (χ3n) is 11.0. The van der Waals surface area contributed by atoms with E-state index in [2.05, 4.69) is 33.6 Å². The van der Waals surface area contributed by atoms with Crippen molar-refractivity contribution in [1.29, 1.82) is 0 Å². The Labute approximate surface area is 241 Å². The topological polar surface area (TPSA) is 78.9 Å². The average Bonchev–Trinajstić information content (AvgIpc) is 2.96. The summed E-state index contributed by atoms with van der Waals surface area (Å²) in [6, 6.07) is 0. The van der Waals surface area contributed by atoms with E-state index in [1.54, 1.807) is 0 Å². The second kappa shape index (κ2) is 12.4. The fourth-order valence-electron chi connectivity index (χ4n) is 8.04. The molecule has 5 heterocycles. The predicted molar refractivity (Wildman–Crippen MR) is 156 cm³/mol. The van der Waals surface area contributed by atoms with Gasteiger partial charge in [0.15, 0.2) is 0 Å². The van der Waals surface area contributed by atoms with Crippen LogP contribution in [0.5, 0.6) is 0 Å². The van der Waals surface area contributed by atoms with Crippen molar-refractivity contribution in [2.75, 3.05) is 52.5 Å². The quantitative estimate of drug-likeness (QED) is 0.490. The van der Waals surface area contributed by atoms with Gasteiger partial charge in [-0.05, 0) is 96.6 Å². The molecular formula is C32H51N5O3. The third kappa shape index (κ3) is 5.94. The summed E-state index contributed by atoms with van der Waals surface area (Å²) in [4.78, 5) is 42.7. The maximum atomic E-state index is 13.9. The molecule has 40 heavy (non-hydrogen) atoms. The lowest BCUT2D eigenvalue weighted by Gasteiger charge is -2.55. The molecule has 4 fully saturated rings. The number of piperidine rings is 3. The molecule has 1 aromatic heterocycles. The van der Waals surface area contributed by atoms with Crippen LogP contribution in [-0.4, -0.2) is 94.5 Å². The summed E-state index contributed by atoms with van der Waals surface area (Å²) in [6.45, 7) is 15.6. The predicted octanol–water partition coefficient (Wildman–Crippen LogP) is 4.64. The lowest BCUT2D eigenvalue weighted by atomic mass is 9.62. The fraction of sp³-hybridized carbons (Fsp3) is 0.812. The van der Waals surface area contributed by atoms with Gasteiger partial charge in [-0.3, -0.25) is 14.5 Å². The molecule has 0 radical (unpaired) electrons. The van der Waals surface area contributed by atoms with Crippen LogP contribution >= 0.6 is 0 Å². The molecular weight excluding hydrogens is 502 g/mol. The smallest absolute Gasteiger partial charge is 0.257 e. The van der Waals surface area contributed by atoms with Crippen LogP contribution in [0.4, 0.5) is 0 Å². The van der Waals surface area contributed by atoms with Gasteiger partial charge >= 0.3 is 0 Å². The van der Waals surface area contributed by atoms with E-state index in [0.717, 1.165) is 128 Å². The summed E-state index contributed by atoms with van der Waals surface area (Å²) in [6.07, 6.45) is 12.4. The Kier molecular flexibility index (Phi) is 9.15. The maximum Gasteiger partial charge on any atom is 0.257 e. The van der Waals surface area contributed by atoms with Gasteiger partial charge in [-0.2, -0.15) is 0 Å². The summed E-state index contributed by atoms with van der Waals surface area (Å²) >= 11 is 0. The molecule has 8 heteroatoms. The molecule has 1 unspecified atom stereocenters. The minimum Gasteiger partial charge on any atom is -0.381 e. The lowest BCUT2D eigenvalue weighted by Crippen LogP contribution is -2.60. The molecule has 2 amide bonds. The van der Waals surface area contributed by atoms with Crippen molar-refractivity contribution in [1.82, 2.24) is 24.7 Å². The standard InChI is InChI=1S/C32H51N5O3/c1-5-6-7-27-29(38)36(22-26-8-20-40-21-9-26)17-12-32(27)13-18-37(19-14-32)31(4)10-15-35(16-11-31)30(39)28-24(2)33-23-34-25(28)3/h23,26-27H,5-22H2,1-4H3. The molecule has 1 aromatic rings. The Morgan fingerprint density at radius 3 is 2.23 bits per heavy atom. The highest BCUT2D eigenvalue weighted by atomic mass is 16.5. The van der Waals surface area contributed by atoms with E-state index in [-0.39, 0.29) is 22.8 Å². The van der Waals surface area contributed by atoms with Crippen molar-refractivity contribution >= 4 is 11.8 Å². The highest BCUT2D eigenvalue weighted by molar-refractivity contribution is 5.96. The second-order valence-corrected chi connectivity index (χ2v) is 13.3. The molecule has 8 nitrogen and oxygen atoms in total. The molecule has 0 N–H and O–H groups in total. The largest absolute Gasteiger partial charge is 0.381 e. The Morgan fingerprint density at radius 2 is 1.60 bits per heavy atom. The summed E-state index contributed by atoms with van der Waals surface area (Å²) in [7, 11) is 0. The van der Waals surface area contributed by atoms with Gasteiger partial charge in [-0.25, -0.2) is 9.97 Å². The Morgan fingerprint density at radius 1 is 0.975 bits per heavy atom. The van der Waals surface area contributed by atoms with E-state index in [4.69, 9.17) is 4.74 Å². The van der Waals surface area contributed by atoms with Crippen molar-refractivity contribution < 1.29 is 14.3 Å². The molecule has 4 saturated heterocycles. The lowest BCUT2D eigenvalue weighted by molar-refractivity contribution is -0.152. The molecule has 0 bridgehead atoms. The summed E-state index contributed by atoms with van der Waals surface area (Å²) in [5.41, 5.74) is 2.44. The van der Waals surface area contributed by atoms with Gasteiger partial charge in [0, 0.05) is 50.8 Å². The molecule has 0 aromatic carbocycles. The zero-order valence-corrected chi connectivity index (χ0v) is 25.4. The maximum absolute atomic E-state index is 13.9. The van der Waals surface area contributed by atoms with Crippen molar-refractivity contribution in [3.63, 3.8) is 0 Å². The summed E-state index contributed by atoms with van der Waals surface area (Å²) in [5, 5.41) is 0. The number of carbonyl (C=O) groups excluding carboxylic acids is 2. The van der Waals surface area contributed by atoms with E-state index >= 15 is 0 Å². The van der Waals surface area contributed by atoms with Crippen LogP contribution in [0, 0.1) is 31.1 Å². The molecule has 0 saturated carbocycles. The van der Waals surface area contributed by atoms with E-state index in [0.29, 0.717) is 17.4 Å². The molecule has 0 aliphatic carbocycles. The van der Waals surface area contributed by atoms with Gasteiger partial charge in [0.1, 0.15) is 6.33 Å². The highest BCUT2D eigenvalue weighted by Crippen LogP contribution is 2.49. The first-order valence-electron chi connectivity index (χ1n) is 16.0. The van der Waals surface area contributed by atoms with Gasteiger partial charge in [-0.1, -0.05) is 19.8 Å². The molecule has 5 rings (SSSR count). The zero-order valence-electron chi connectivity index (χ0n) is 25.4. The summed E-state index contributed by atoms with van der Waals surface area (Å²) < 4.78 is 5.56. The average molecular weight is 554 g/mol. The molecule has 1 atom stereocenters. The number of amides is 2. The van der Waals surface area contributed by atoms with Gasteiger partial charge in [0.25, 0.3) is 5.91 Å². The van der Waals surface area contributed by atoms with Gasteiger partial charge in [0.05, 0.1) is 17.0 Å². The van der Waals surface area contributed by atoms with Crippen LogP contribution in [0.3, 0.4) is 0 Å². The molecule has 222 valence electrons. The molecule has 1 spiro atoms. The Balaban J connectivity index is 1.20. The van der Waals surface area contributed by atoms with Crippen molar-refractivity contribution in [3.05, 3.63) is 23.3 Å². The van der Waals surface area contributed by atoms with Crippen LogP contribution in [0.15, 0.2) is 6.33 Å².